The van der Waals surface area contributed by atoms with E-state index >= 15 is 0 Å². The summed E-state index contributed by atoms with van der Waals surface area (Å²) < 4.78 is 0. The van der Waals surface area contributed by atoms with E-state index in [9.17, 15) is 5.11 Å². The molecule has 0 saturated heterocycles. The standard InChI is InChI=1S/C17H27NOS/c19-15-8-3-5-13(11-15)12-18-17(14-6-1-2-7-14)16-9-4-10-20-16/h4,9-10,13-15,17-19H,1-3,5-8,11-12H2. The van der Waals surface area contributed by atoms with Gasteiger partial charge in [0.25, 0.3) is 0 Å². The molecule has 0 amide bonds. The third kappa shape index (κ3) is 3.63. The van der Waals surface area contributed by atoms with Crippen molar-refractivity contribution < 1.29 is 5.11 Å². The van der Waals surface area contributed by atoms with Crippen LogP contribution in [0.1, 0.15) is 62.3 Å². The molecule has 0 radical (unpaired) electrons. The predicted molar refractivity (Wildman–Crippen MR) is 85.0 cm³/mol. The lowest BCUT2D eigenvalue weighted by Gasteiger charge is -2.30. The minimum Gasteiger partial charge on any atom is -0.393 e. The van der Waals surface area contributed by atoms with E-state index in [-0.39, 0.29) is 6.10 Å². The van der Waals surface area contributed by atoms with Gasteiger partial charge in [-0.2, -0.15) is 0 Å². The molecule has 0 spiro atoms. The Hall–Kier alpha value is -0.380. The van der Waals surface area contributed by atoms with Crippen LogP contribution in [0.15, 0.2) is 17.5 Å². The molecule has 112 valence electrons. The quantitative estimate of drug-likeness (QED) is 0.856. The smallest absolute Gasteiger partial charge is 0.0543 e. The number of hydrogen-bond acceptors (Lipinski definition) is 3. The van der Waals surface area contributed by atoms with Gasteiger partial charge in [0, 0.05) is 10.9 Å². The number of nitrogens with one attached hydrogen (secondary N) is 1. The van der Waals surface area contributed by atoms with Crippen molar-refractivity contribution in [1.29, 1.82) is 0 Å². The summed E-state index contributed by atoms with van der Waals surface area (Å²) in [7, 11) is 0. The van der Waals surface area contributed by atoms with Crippen LogP contribution >= 0.6 is 11.3 Å². The van der Waals surface area contributed by atoms with Crippen molar-refractivity contribution in [2.45, 2.75) is 63.5 Å². The Balaban J connectivity index is 1.58. The number of thiophene rings is 1. The van der Waals surface area contributed by atoms with E-state index < -0.39 is 0 Å². The molecule has 0 aromatic carbocycles. The van der Waals surface area contributed by atoms with E-state index in [4.69, 9.17) is 0 Å². The van der Waals surface area contributed by atoms with Crippen molar-refractivity contribution in [2.24, 2.45) is 11.8 Å². The highest BCUT2D eigenvalue weighted by atomic mass is 32.1. The molecule has 1 aromatic heterocycles. The van der Waals surface area contributed by atoms with Crippen LogP contribution in [0, 0.1) is 11.8 Å². The van der Waals surface area contributed by atoms with Gasteiger partial charge in [-0.25, -0.2) is 0 Å². The minimum atomic E-state index is -0.0535. The van der Waals surface area contributed by atoms with Crippen molar-refractivity contribution >= 4 is 11.3 Å². The van der Waals surface area contributed by atoms with E-state index in [1.54, 1.807) is 0 Å². The molecule has 3 atom stereocenters. The van der Waals surface area contributed by atoms with Gasteiger partial charge in [0.1, 0.15) is 0 Å². The zero-order valence-corrected chi connectivity index (χ0v) is 13.1. The maximum absolute atomic E-state index is 9.81. The number of hydrogen-bond donors (Lipinski definition) is 2. The van der Waals surface area contributed by atoms with E-state index in [2.05, 4.69) is 22.8 Å². The molecule has 3 rings (SSSR count). The minimum absolute atomic E-state index is 0.0535. The third-order valence-electron chi connectivity index (χ3n) is 5.10. The maximum atomic E-state index is 9.81. The second-order valence-corrected chi connectivity index (χ2v) is 7.61. The molecule has 2 aliphatic carbocycles. The highest BCUT2D eigenvalue weighted by Crippen LogP contribution is 2.37. The van der Waals surface area contributed by atoms with Crippen LogP contribution in [0.2, 0.25) is 0 Å². The van der Waals surface area contributed by atoms with E-state index in [1.807, 2.05) is 11.3 Å². The van der Waals surface area contributed by atoms with Gasteiger partial charge in [0.05, 0.1) is 6.10 Å². The lowest BCUT2D eigenvalue weighted by Crippen LogP contribution is -2.34. The van der Waals surface area contributed by atoms with E-state index in [0.29, 0.717) is 12.0 Å². The summed E-state index contributed by atoms with van der Waals surface area (Å²) in [4.78, 5) is 1.51. The lowest BCUT2D eigenvalue weighted by atomic mass is 9.86. The monoisotopic (exact) mass is 293 g/mol. The topological polar surface area (TPSA) is 32.3 Å². The Labute approximate surface area is 126 Å². The number of aliphatic hydroxyl groups excluding tert-OH is 1. The average molecular weight is 293 g/mol. The Morgan fingerprint density at radius 1 is 1.20 bits per heavy atom. The molecule has 3 heteroatoms. The molecule has 2 nitrogen and oxygen atoms in total. The van der Waals surface area contributed by atoms with Crippen molar-refractivity contribution in [2.75, 3.05) is 6.54 Å². The van der Waals surface area contributed by atoms with Crippen molar-refractivity contribution in [3.05, 3.63) is 22.4 Å². The van der Waals surface area contributed by atoms with Crippen molar-refractivity contribution in [1.82, 2.24) is 5.32 Å². The van der Waals surface area contributed by atoms with Crippen molar-refractivity contribution in [3.63, 3.8) is 0 Å². The average Bonchev–Trinajstić information content (AvgIpc) is 3.12. The van der Waals surface area contributed by atoms with E-state index in [1.165, 1.54) is 43.4 Å². The first-order chi connectivity index (χ1) is 9.83. The summed E-state index contributed by atoms with van der Waals surface area (Å²) in [5, 5.41) is 15.9. The first-order valence-corrected chi connectivity index (χ1v) is 9.15. The number of aliphatic hydroxyl groups is 1. The molecule has 2 N–H and O–H groups in total. The van der Waals surface area contributed by atoms with E-state index in [0.717, 1.165) is 25.3 Å². The molecule has 3 unspecified atom stereocenters. The molecule has 2 fully saturated rings. The van der Waals surface area contributed by atoms with Gasteiger partial charge >= 0.3 is 0 Å². The Bertz CT molecular complexity index is 386. The Morgan fingerprint density at radius 2 is 2.05 bits per heavy atom. The van der Waals surface area contributed by atoms with Crippen LogP contribution in [0.4, 0.5) is 0 Å². The third-order valence-corrected chi connectivity index (χ3v) is 6.06. The molecule has 1 heterocycles. The fourth-order valence-electron chi connectivity index (χ4n) is 4.00. The van der Waals surface area contributed by atoms with Gasteiger partial charge in [0.2, 0.25) is 0 Å². The van der Waals surface area contributed by atoms with Gasteiger partial charge in [-0.15, -0.1) is 11.3 Å². The maximum Gasteiger partial charge on any atom is 0.0543 e. The summed E-state index contributed by atoms with van der Waals surface area (Å²) in [5.74, 6) is 1.49. The van der Waals surface area contributed by atoms with Crippen LogP contribution in [0.3, 0.4) is 0 Å². The van der Waals surface area contributed by atoms with Crippen LogP contribution in [-0.4, -0.2) is 17.8 Å². The molecule has 20 heavy (non-hydrogen) atoms. The van der Waals surface area contributed by atoms with Gasteiger partial charge < -0.3 is 10.4 Å². The first kappa shape index (κ1) is 14.6. The fourth-order valence-corrected chi connectivity index (χ4v) is 4.89. The molecular weight excluding hydrogens is 266 g/mol. The van der Waals surface area contributed by atoms with Crippen LogP contribution in [0.25, 0.3) is 0 Å². The highest BCUT2D eigenvalue weighted by Gasteiger charge is 2.28. The molecule has 2 aliphatic rings. The SMILES string of the molecule is OC1CCCC(CNC(c2cccs2)C2CCCC2)C1. The summed E-state index contributed by atoms with van der Waals surface area (Å²) in [6.07, 6.45) is 9.98. The first-order valence-electron chi connectivity index (χ1n) is 8.28. The fraction of sp³-hybridized carbons (Fsp3) is 0.765. The summed E-state index contributed by atoms with van der Waals surface area (Å²) in [5.41, 5.74) is 0. The highest BCUT2D eigenvalue weighted by molar-refractivity contribution is 7.10. The second kappa shape index (κ2) is 7.06. The largest absolute Gasteiger partial charge is 0.393 e. The van der Waals surface area contributed by atoms with Crippen LogP contribution < -0.4 is 5.32 Å². The molecule has 0 aliphatic heterocycles. The molecule has 2 saturated carbocycles. The Morgan fingerprint density at radius 3 is 2.75 bits per heavy atom. The zero-order valence-electron chi connectivity index (χ0n) is 12.3. The summed E-state index contributed by atoms with van der Waals surface area (Å²) >= 11 is 1.89. The lowest BCUT2D eigenvalue weighted by molar-refractivity contribution is 0.0987. The second-order valence-electron chi connectivity index (χ2n) is 6.63. The van der Waals surface area contributed by atoms with Gasteiger partial charge in [-0.1, -0.05) is 25.3 Å². The summed E-state index contributed by atoms with van der Waals surface area (Å²) in [6, 6.07) is 5.02. The van der Waals surface area contributed by atoms with Crippen LogP contribution in [-0.2, 0) is 0 Å². The summed E-state index contributed by atoms with van der Waals surface area (Å²) in [6.45, 7) is 1.08. The van der Waals surface area contributed by atoms with Gasteiger partial charge in [-0.05, 0) is 61.9 Å². The normalized spacial score (nSPS) is 29.6. The molecule has 1 aromatic rings. The molecular formula is C17H27NOS. The van der Waals surface area contributed by atoms with Crippen LogP contribution in [0.5, 0.6) is 0 Å². The predicted octanol–water partition coefficient (Wildman–Crippen LogP) is 4.12. The zero-order chi connectivity index (χ0) is 13.8. The Kier molecular flexibility index (Phi) is 5.14. The van der Waals surface area contributed by atoms with Gasteiger partial charge in [0.15, 0.2) is 0 Å². The molecule has 0 bridgehead atoms. The van der Waals surface area contributed by atoms with Crippen molar-refractivity contribution in [3.8, 4) is 0 Å². The van der Waals surface area contributed by atoms with Gasteiger partial charge in [-0.3, -0.25) is 0 Å². The number of rotatable bonds is 5.